The summed E-state index contributed by atoms with van der Waals surface area (Å²) in [6, 6.07) is 11.5. The van der Waals surface area contributed by atoms with E-state index in [0.717, 1.165) is 10.4 Å². The Kier molecular flexibility index (Phi) is 3.79. The summed E-state index contributed by atoms with van der Waals surface area (Å²) in [4.78, 5) is 13.1. The number of carbonyl (C=O) groups is 1. The topological polar surface area (TPSA) is 57.8 Å². The van der Waals surface area contributed by atoms with Gasteiger partial charge in [0.2, 0.25) is 0 Å². The molecule has 21 heavy (non-hydrogen) atoms. The van der Waals surface area contributed by atoms with Gasteiger partial charge in [0.25, 0.3) is 5.91 Å². The van der Waals surface area contributed by atoms with Gasteiger partial charge in [0.05, 0.1) is 12.2 Å². The number of H-pyrrole nitrogens is 1. The smallest absolute Gasteiger partial charge is 0.269 e. The number of thiophene rings is 1. The molecule has 2 aromatic heterocycles. The van der Waals surface area contributed by atoms with Crippen molar-refractivity contribution in [2.75, 3.05) is 0 Å². The van der Waals surface area contributed by atoms with E-state index in [4.69, 9.17) is 0 Å². The summed E-state index contributed by atoms with van der Waals surface area (Å²) in [7, 11) is 0. The highest BCUT2D eigenvalue weighted by molar-refractivity contribution is 7.09. The van der Waals surface area contributed by atoms with E-state index in [1.54, 1.807) is 29.5 Å². The molecule has 0 aliphatic carbocycles. The van der Waals surface area contributed by atoms with Gasteiger partial charge in [-0.25, -0.2) is 4.39 Å². The molecule has 0 fully saturated rings. The van der Waals surface area contributed by atoms with Crippen LogP contribution in [-0.2, 0) is 6.54 Å². The maximum absolute atomic E-state index is 12.9. The monoisotopic (exact) mass is 301 g/mol. The molecule has 0 saturated carbocycles. The second-order valence-electron chi connectivity index (χ2n) is 4.44. The zero-order chi connectivity index (χ0) is 14.7. The average molecular weight is 301 g/mol. The van der Waals surface area contributed by atoms with E-state index in [1.807, 2.05) is 17.5 Å². The summed E-state index contributed by atoms with van der Waals surface area (Å²) in [6.45, 7) is 0.488. The van der Waals surface area contributed by atoms with Gasteiger partial charge < -0.3 is 5.32 Å². The molecule has 4 nitrogen and oxygen atoms in total. The van der Waals surface area contributed by atoms with E-state index in [-0.39, 0.29) is 11.7 Å². The third-order valence-corrected chi connectivity index (χ3v) is 3.84. The molecule has 1 aromatic carbocycles. The Morgan fingerprint density at radius 2 is 2.10 bits per heavy atom. The number of benzene rings is 1. The molecule has 0 unspecified atom stereocenters. The highest BCUT2D eigenvalue weighted by atomic mass is 32.1. The summed E-state index contributed by atoms with van der Waals surface area (Å²) in [5.41, 5.74) is 1.74. The number of carbonyl (C=O) groups excluding carboxylic acids is 1. The van der Waals surface area contributed by atoms with Gasteiger partial charge in [-0.2, -0.15) is 5.10 Å². The Morgan fingerprint density at radius 1 is 1.29 bits per heavy atom. The minimum atomic E-state index is -0.303. The molecule has 0 aliphatic rings. The van der Waals surface area contributed by atoms with Gasteiger partial charge in [0.15, 0.2) is 0 Å². The van der Waals surface area contributed by atoms with Crippen LogP contribution in [-0.4, -0.2) is 16.1 Å². The van der Waals surface area contributed by atoms with Gasteiger partial charge in [-0.15, -0.1) is 11.3 Å². The third kappa shape index (κ3) is 3.17. The minimum Gasteiger partial charge on any atom is -0.346 e. The Balaban J connectivity index is 1.69. The maximum atomic E-state index is 12.9. The molecule has 2 heterocycles. The lowest BCUT2D eigenvalue weighted by atomic mass is 10.1. The number of nitrogens with zero attached hydrogens (tertiary/aromatic N) is 1. The van der Waals surface area contributed by atoms with E-state index >= 15 is 0 Å². The third-order valence-electron chi connectivity index (χ3n) is 2.97. The van der Waals surface area contributed by atoms with Crippen LogP contribution in [0, 0.1) is 5.82 Å². The van der Waals surface area contributed by atoms with Crippen LogP contribution in [0.1, 0.15) is 15.4 Å². The molecular weight excluding hydrogens is 289 g/mol. The van der Waals surface area contributed by atoms with Crippen molar-refractivity contribution < 1.29 is 9.18 Å². The molecule has 0 radical (unpaired) electrons. The zero-order valence-corrected chi connectivity index (χ0v) is 11.8. The van der Waals surface area contributed by atoms with Crippen LogP contribution in [0.3, 0.4) is 0 Å². The van der Waals surface area contributed by atoms with Crippen molar-refractivity contribution in [2.45, 2.75) is 6.54 Å². The van der Waals surface area contributed by atoms with Crippen LogP contribution in [0.5, 0.6) is 0 Å². The summed E-state index contributed by atoms with van der Waals surface area (Å²) in [5.74, 6) is -0.521. The maximum Gasteiger partial charge on any atom is 0.269 e. The van der Waals surface area contributed by atoms with Crippen LogP contribution >= 0.6 is 11.3 Å². The number of aromatic nitrogens is 2. The standard InChI is InChI=1S/C15H12FN3OS/c16-11-5-3-10(4-6-11)13-8-14(19-18-13)15(20)17-9-12-2-1-7-21-12/h1-8H,9H2,(H,17,20)(H,18,19). The molecule has 0 aliphatic heterocycles. The molecule has 106 valence electrons. The first-order valence-corrected chi connectivity index (χ1v) is 7.22. The number of hydrogen-bond donors (Lipinski definition) is 2. The van der Waals surface area contributed by atoms with Crippen LogP contribution in [0.25, 0.3) is 11.3 Å². The SMILES string of the molecule is O=C(NCc1cccs1)c1cc(-c2ccc(F)cc2)n[nH]1. The molecule has 0 spiro atoms. The molecular formula is C15H12FN3OS. The molecule has 3 rings (SSSR count). The minimum absolute atomic E-state index is 0.218. The lowest BCUT2D eigenvalue weighted by Gasteiger charge is -2.00. The van der Waals surface area contributed by atoms with Crippen molar-refractivity contribution in [1.29, 1.82) is 0 Å². The van der Waals surface area contributed by atoms with Crippen molar-refractivity contribution in [3.8, 4) is 11.3 Å². The Labute approximate surface area is 124 Å². The molecule has 0 atom stereocenters. The number of amides is 1. The van der Waals surface area contributed by atoms with Crippen LogP contribution in [0.4, 0.5) is 4.39 Å². The van der Waals surface area contributed by atoms with E-state index in [9.17, 15) is 9.18 Å². The number of rotatable bonds is 4. The van der Waals surface area contributed by atoms with E-state index < -0.39 is 0 Å². The van der Waals surface area contributed by atoms with Crippen LogP contribution in [0.15, 0.2) is 47.8 Å². The van der Waals surface area contributed by atoms with Gasteiger partial charge in [-0.1, -0.05) is 6.07 Å². The molecule has 0 bridgehead atoms. The highest BCUT2D eigenvalue weighted by Gasteiger charge is 2.11. The summed E-state index contributed by atoms with van der Waals surface area (Å²) in [6.07, 6.45) is 0. The van der Waals surface area contributed by atoms with Crippen molar-refractivity contribution >= 4 is 17.2 Å². The fourth-order valence-electron chi connectivity index (χ4n) is 1.88. The average Bonchev–Trinajstić information content (AvgIpc) is 3.17. The number of aromatic amines is 1. The summed E-state index contributed by atoms with van der Waals surface area (Å²) in [5, 5.41) is 11.6. The lowest BCUT2D eigenvalue weighted by molar-refractivity contribution is 0.0946. The fraction of sp³-hybridized carbons (Fsp3) is 0.0667. The Bertz CT molecular complexity index is 735. The van der Waals surface area contributed by atoms with Crippen molar-refractivity contribution in [2.24, 2.45) is 0 Å². The molecule has 2 N–H and O–H groups in total. The molecule has 3 aromatic rings. The number of nitrogens with one attached hydrogen (secondary N) is 2. The first-order valence-electron chi connectivity index (χ1n) is 6.34. The van der Waals surface area contributed by atoms with Crippen LogP contribution in [0.2, 0.25) is 0 Å². The van der Waals surface area contributed by atoms with E-state index in [1.165, 1.54) is 12.1 Å². The molecule has 1 amide bonds. The Morgan fingerprint density at radius 3 is 2.81 bits per heavy atom. The van der Waals surface area contributed by atoms with Crippen molar-refractivity contribution in [3.63, 3.8) is 0 Å². The fourth-order valence-corrected chi connectivity index (χ4v) is 2.53. The zero-order valence-electron chi connectivity index (χ0n) is 11.0. The molecule has 0 saturated heterocycles. The van der Waals surface area contributed by atoms with E-state index in [2.05, 4.69) is 15.5 Å². The summed E-state index contributed by atoms with van der Waals surface area (Å²) >= 11 is 1.59. The predicted octanol–water partition coefficient (Wildman–Crippen LogP) is 3.21. The lowest BCUT2D eigenvalue weighted by Crippen LogP contribution is -2.22. The van der Waals surface area contributed by atoms with Gasteiger partial charge in [0.1, 0.15) is 11.5 Å². The highest BCUT2D eigenvalue weighted by Crippen LogP contribution is 2.18. The molecule has 6 heteroatoms. The second-order valence-corrected chi connectivity index (χ2v) is 5.47. The van der Waals surface area contributed by atoms with Crippen molar-refractivity contribution in [1.82, 2.24) is 15.5 Å². The second kappa shape index (κ2) is 5.88. The quantitative estimate of drug-likeness (QED) is 0.777. The first kappa shape index (κ1) is 13.5. The predicted molar refractivity (Wildman–Crippen MR) is 79.5 cm³/mol. The summed E-state index contributed by atoms with van der Waals surface area (Å²) < 4.78 is 12.9. The number of halogens is 1. The van der Waals surface area contributed by atoms with Gasteiger partial charge >= 0.3 is 0 Å². The largest absolute Gasteiger partial charge is 0.346 e. The van der Waals surface area contributed by atoms with Gasteiger partial charge in [-0.05, 0) is 41.8 Å². The van der Waals surface area contributed by atoms with Gasteiger partial charge in [0, 0.05) is 10.4 Å². The first-order chi connectivity index (χ1) is 10.2. The van der Waals surface area contributed by atoms with Crippen molar-refractivity contribution in [3.05, 3.63) is 64.2 Å². The normalized spacial score (nSPS) is 10.5. The van der Waals surface area contributed by atoms with Gasteiger partial charge in [-0.3, -0.25) is 9.89 Å². The van der Waals surface area contributed by atoms with E-state index in [0.29, 0.717) is 17.9 Å². The number of hydrogen-bond acceptors (Lipinski definition) is 3. The Hall–Kier alpha value is -2.47. The van der Waals surface area contributed by atoms with Crippen LogP contribution < -0.4 is 5.32 Å².